The normalized spacial score (nSPS) is 15.0. The van der Waals surface area contributed by atoms with Crippen molar-refractivity contribution in [2.45, 2.75) is 25.8 Å². The fourth-order valence-electron chi connectivity index (χ4n) is 3.50. The molecule has 0 atom stereocenters. The first-order chi connectivity index (χ1) is 12.8. The van der Waals surface area contributed by atoms with Crippen LogP contribution in [0, 0.1) is 0 Å². The Kier molecular flexibility index (Phi) is 5.13. The van der Waals surface area contributed by atoms with E-state index in [4.69, 9.17) is 10.8 Å². The molecule has 0 amide bonds. The second-order valence-corrected chi connectivity index (χ2v) is 6.86. The minimum Gasteiger partial charge on any atom is -0.369 e. The van der Waals surface area contributed by atoms with Crippen LogP contribution in [0.25, 0.3) is 16.9 Å². The minimum atomic E-state index is 0.553. The van der Waals surface area contributed by atoms with Gasteiger partial charge in [-0.05, 0) is 56.6 Å². The molecule has 26 heavy (non-hydrogen) atoms. The van der Waals surface area contributed by atoms with Crippen LogP contribution in [0.5, 0.6) is 0 Å². The lowest BCUT2D eigenvalue weighted by Crippen LogP contribution is -2.22. The van der Waals surface area contributed by atoms with Gasteiger partial charge < -0.3 is 16.0 Å². The maximum atomic E-state index is 5.69. The summed E-state index contributed by atoms with van der Waals surface area (Å²) in [6, 6.07) is 12.3. The predicted molar refractivity (Wildman–Crippen MR) is 105 cm³/mol. The Balaban J connectivity index is 1.45. The lowest BCUT2D eigenvalue weighted by atomic mass is 10.1. The number of benzene rings is 1. The molecule has 4 rings (SSSR count). The Hall–Kier alpha value is -2.44. The molecule has 3 N–H and O–H groups in total. The van der Waals surface area contributed by atoms with Crippen LogP contribution in [-0.2, 0) is 6.54 Å². The average Bonchev–Trinajstić information content (AvgIpc) is 3.35. The molecule has 0 spiro atoms. The molecule has 1 fully saturated rings. The molecular formula is C20H26N6. The summed E-state index contributed by atoms with van der Waals surface area (Å²) in [5, 5.41) is 8.17. The van der Waals surface area contributed by atoms with Gasteiger partial charge in [-0.25, -0.2) is 9.50 Å². The van der Waals surface area contributed by atoms with E-state index in [2.05, 4.69) is 39.5 Å². The molecule has 1 aromatic carbocycles. The number of rotatable bonds is 7. The van der Waals surface area contributed by atoms with E-state index in [1.165, 1.54) is 32.5 Å². The van der Waals surface area contributed by atoms with Crippen molar-refractivity contribution in [3.63, 3.8) is 0 Å². The largest absolute Gasteiger partial charge is 0.369 e. The predicted octanol–water partition coefficient (Wildman–Crippen LogP) is 2.75. The van der Waals surface area contributed by atoms with Gasteiger partial charge >= 0.3 is 0 Å². The smallest absolute Gasteiger partial charge is 0.154 e. The first kappa shape index (κ1) is 17.0. The van der Waals surface area contributed by atoms with Crippen molar-refractivity contribution in [3.05, 3.63) is 48.2 Å². The summed E-state index contributed by atoms with van der Waals surface area (Å²) in [6.07, 6.45) is 5.70. The molecule has 3 aromatic rings. The van der Waals surface area contributed by atoms with Crippen molar-refractivity contribution < 1.29 is 0 Å². The van der Waals surface area contributed by atoms with Gasteiger partial charge in [0.1, 0.15) is 5.82 Å². The van der Waals surface area contributed by atoms with E-state index in [9.17, 15) is 0 Å². The SMILES string of the molecule is NCc1ccc(-c2cnc3ccc(NCCCN4CCCC4)nn23)cc1. The molecule has 0 bridgehead atoms. The summed E-state index contributed by atoms with van der Waals surface area (Å²) >= 11 is 0. The summed E-state index contributed by atoms with van der Waals surface area (Å²) in [6.45, 7) is 5.16. The third-order valence-electron chi connectivity index (χ3n) is 5.00. The van der Waals surface area contributed by atoms with E-state index in [-0.39, 0.29) is 0 Å². The number of imidazole rings is 1. The minimum absolute atomic E-state index is 0.553. The van der Waals surface area contributed by atoms with Crippen LogP contribution >= 0.6 is 0 Å². The van der Waals surface area contributed by atoms with Crippen molar-refractivity contribution in [2.24, 2.45) is 5.73 Å². The summed E-state index contributed by atoms with van der Waals surface area (Å²) in [5.41, 5.74) is 9.74. The number of nitrogens with one attached hydrogen (secondary N) is 1. The van der Waals surface area contributed by atoms with E-state index in [1.54, 1.807) is 0 Å². The zero-order valence-electron chi connectivity index (χ0n) is 15.1. The highest BCUT2D eigenvalue weighted by Crippen LogP contribution is 2.21. The molecule has 3 heterocycles. The lowest BCUT2D eigenvalue weighted by Gasteiger charge is -2.14. The van der Waals surface area contributed by atoms with Gasteiger partial charge in [0.15, 0.2) is 5.65 Å². The number of nitrogens with zero attached hydrogens (tertiary/aromatic N) is 4. The van der Waals surface area contributed by atoms with Crippen LogP contribution in [0.4, 0.5) is 5.82 Å². The standard InChI is InChI=1S/C20H26N6/c21-14-16-4-6-17(7-5-16)18-15-23-20-9-8-19(24-26(18)20)22-10-3-13-25-11-1-2-12-25/h4-9,15H,1-3,10-14,21H2,(H,22,24). The van der Waals surface area contributed by atoms with Gasteiger partial charge in [0, 0.05) is 18.7 Å². The molecule has 1 aliphatic rings. The molecule has 0 radical (unpaired) electrons. The van der Waals surface area contributed by atoms with Crippen molar-refractivity contribution >= 4 is 11.5 Å². The summed E-state index contributed by atoms with van der Waals surface area (Å²) in [4.78, 5) is 7.01. The second-order valence-electron chi connectivity index (χ2n) is 6.86. The van der Waals surface area contributed by atoms with Crippen LogP contribution in [0.3, 0.4) is 0 Å². The summed E-state index contributed by atoms with van der Waals surface area (Å²) in [7, 11) is 0. The van der Waals surface area contributed by atoms with Crippen LogP contribution in [0.1, 0.15) is 24.8 Å². The topological polar surface area (TPSA) is 71.5 Å². The highest BCUT2D eigenvalue weighted by Gasteiger charge is 2.11. The zero-order chi connectivity index (χ0) is 17.8. The van der Waals surface area contributed by atoms with E-state index in [0.717, 1.165) is 41.3 Å². The number of anilines is 1. The fraction of sp³-hybridized carbons (Fsp3) is 0.400. The van der Waals surface area contributed by atoms with E-state index >= 15 is 0 Å². The second kappa shape index (κ2) is 7.85. The van der Waals surface area contributed by atoms with Gasteiger partial charge in [0.05, 0.1) is 11.9 Å². The highest BCUT2D eigenvalue weighted by molar-refractivity contribution is 5.63. The molecule has 6 nitrogen and oxygen atoms in total. The van der Waals surface area contributed by atoms with Gasteiger partial charge in [-0.1, -0.05) is 24.3 Å². The molecule has 0 aliphatic carbocycles. The first-order valence-electron chi connectivity index (χ1n) is 9.44. The van der Waals surface area contributed by atoms with Gasteiger partial charge in [-0.15, -0.1) is 5.10 Å². The molecule has 0 unspecified atom stereocenters. The monoisotopic (exact) mass is 350 g/mol. The van der Waals surface area contributed by atoms with Crippen LogP contribution in [0.15, 0.2) is 42.6 Å². The number of hydrogen-bond donors (Lipinski definition) is 2. The van der Waals surface area contributed by atoms with Crippen molar-refractivity contribution in [1.82, 2.24) is 19.5 Å². The molecular weight excluding hydrogens is 324 g/mol. The summed E-state index contributed by atoms with van der Waals surface area (Å²) in [5.74, 6) is 0.886. The third-order valence-corrected chi connectivity index (χ3v) is 5.00. The highest BCUT2D eigenvalue weighted by atomic mass is 15.3. The molecule has 6 heteroatoms. The number of nitrogens with two attached hydrogens (primary N) is 1. The first-order valence-corrected chi connectivity index (χ1v) is 9.44. The Morgan fingerprint density at radius 1 is 1.04 bits per heavy atom. The fourth-order valence-corrected chi connectivity index (χ4v) is 3.50. The number of fused-ring (bicyclic) bond motifs is 1. The zero-order valence-corrected chi connectivity index (χ0v) is 15.1. The average molecular weight is 350 g/mol. The van der Waals surface area contributed by atoms with Crippen LogP contribution in [-0.4, -0.2) is 45.7 Å². The van der Waals surface area contributed by atoms with Gasteiger partial charge in [-0.3, -0.25) is 0 Å². The number of likely N-dealkylation sites (tertiary alicyclic amines) is 1. The van der Waals surface area contributed by atoms with E-state index in [0.29, 0.717) is 6.54 Å². The molecule has 1 aliphatic heterocycles. The Labute approximate surface area is 154 Å². The number of hydrogen-bond acceptors (Lipinski definition) is 5. The molecule has 136 valence electrons. The van der Waals surface area contributed by atoms with Gasteiger partial charge in [-0.2, -0.15) is 0 Å². The Morgan fingerprint density at radius 3 is 2.62 bits per heavy atom. The van der Waals surface area contributed by atoms with Crippen LogP contribution < -0.4 is 11.1 Å². The van der Waals surface area contributed by atoms with Crippen molar-refractivity contribution in [3.8, 4) is 11.3 Å². The Morgan fingerprint density at radius 2 is 1.85 bits per heavy atom. The molecule has 0 saturated carbocycles. The van der Waals surface area contributed by atoms with E-state index in [1.807, 2.05) is 22.8 Å². The number of aromatic nitrogens is 3. The van der Waals surface area contributed by atoms with Crippen molar-refractivity contribution in [1.29, 1.82) is 0 Å². The molecule has 2 aromatic heterocycles. The Bertz CT molecular complexity index is 848. The summed E-state index contributed by atoms with van der Waals surface area (Å²) < 4.78 is 1.90. The maximum absolute atomic E-state index is 5.69. The molecule has 1 saturated heterocycles. The maximum Gasteiger partial charge on any atom is 0.154 e. The lowest BCUT2D eigenvalue weighted by molar-refractivity contribution is 0.337. The van der Waals surface area contributed by atoms with Crippen LogP contribution in [0.2, 0.25) is 0 Å². The van der Waals surface area contributed by atoms with Gasteiger partial charge in [0.25, 0.3) is 0 Å². The van der Waals surface area contributed by atoms with Gasteiger partial charge in [0.2, 0.25) is 0 Å². The van der Waals surface area contributed by atoms with Crippen molar-refractivity contribution in [2.75, 3.05) is 31.5 Å². The van der Waals surface area contributed by atoms with E-state index < -0.39 is 0 Å². The third kappa shape index (κ3) is 3.71. The quantitative estimate of drug-likeness (QED) is 0.641.